The van der Waals surface area contributed by atoms with Crippen molar-refractivity contribution in [2.24, 2.45) is 5.73 Å². The summed E-state index contributed by atoms with van der Waals surface area (Å²) in [5, 5.41) is 1.29. The second kappa shape index (κ2) is 4.61. The Morgan fingerprint density at radius 3 is 3.14 bits per heavy atom. The van der Waals surface area contributed by atoms with Gasteiger partial charge in [-0.15, -0.1) is 11.3 Å². The molecular weight excluding hydrogens is 264 g/mol. The molecule has 0 saturated carbocycles. The van der Waals surface area contributed by atoms with Crippen molar-refractivity contribution in [2.75, 3.05) is 31.1 Å². The van der Waals surface area contributed by atoms with Gasteiger partial charge in [-0.1, -0.05) is 0 Å². The van der Waals surface area contributed by atoms with Gasteiger partial charge in [-0.2, -0.15) is 0 Å². The second-order valence-electron chi connectivity index (χ2n) is 3.25. The molecule has 2 heterocycles. The van der Waals surface area contributed by atoms with Gasteiger partial charge in [0.25, 0.3) is 0 Å². The van der Waals surface area contributed by atoms with Crippen LogP contribution >= 0.6 is 27.3 Å². The van der Waals surface area contributed by atoms with Gasteiger partial charge in [-0.05, 0) is 28.1 Å². The van der Waals surface area contributed by atoms with Crippen LogP contribution in [-0.4, -0.2) is 32.3 Å². The number of nitrogens with two attached hydrogens (primary N) is 1. The molecule has 0 aromatic carbocycles. The van der Waals surface area contributed by atoms with Crippen LogP contribution in [0.1, 0.15) is 0 Å². The van der Waals surface area contributed by atoms with Gasteiger partial charge in [-0.3, -0.25) is 0 Å². The summed E-state index contributed by atoms with van der Waals surface area (Å²) in [5.41, 5.74) is 5.59. The van der Waals surface area contributed by atoms with Gasteiger partial charge in [0.15, 0.2) is 0 Å². The number of rotatable bonds is 2. The molecular formula is C9H13BrN2OS. The van der Waals surface area contributed by atoms with E-state index in [-0.39, 0.29) is 6.10 Å². The summed E-state index contributed by atoms with van der Waals surface area (Å²) < 4.78 is 6.68. The Bertz CT molecular complexity index is 305. The van der Waals surface area contributed by atoms with Crippen LogP contribution in [0.4, 0.5) is 5.00 Å². The molecule has 1 unspecified atom stereocenters. The maximum absolute atomic E-state index is 5.59. The minimum Gasteiger partial charge on any atom is -0.373 e. The fraction of sp³-hybridized carbons (Fsp3) is 0.556. The highest BCUT2D eigenvalue weighted by atomic mass is 79.9. The third-order valence-corrected chi connectivity index (χ3v) is 3.96. The molecule has 3 nitrogen and oxygen atoms in total. The number of anilines is 1. The van der Waals surface area contributed by atoms with Crippen molar-refractivity contribution in [2.45, 2.75) is 6.10 Å². The molecule has 1 saturated heterocycles. The largest absolute Gasteiger partial charge is 0.373 e. The fourth-order valence-electron chi connectivity index (χ4n) is 1.54. The lowest BCUT2D eigenvalue weighted by atomic mass is 10.3. The molecule has 14 heavy (non-hydrogen) atoms. The van der Waals surface area contributed by atoms with Gasteiger partial charge in [0.05, 0.1) is 21.5 Å². The lowest BCUT2D eigenvalue weighted by molar-refractivity contribution is 0.0468. The van der Waals surface area contributed by atoms with Crippen molar-refractivity contribution in [3.63, 3.8) is 0 Å². The number of hydrogen-bond acceptors (Lipinski definition) is 4. The molecule has 1 atom stereocenters. The first-order chi connectivity index (χ1) is 6.79. The van der Waals surface area contributed by atoms with E-state index < -0.39 is 0 Å². The first kappa shape index (κ1) is 10.4. The second-order valence-corrected chi connectivity index (χ2v) is 5.69. The number of morpholine rings is 1. The number of ether oxygens (including phenoxy) is 1. The van der Waals surface area contributed by atoms with E-state index in [2.05, 4.69) is 33.0 Å². The predicted octanol–water partition coefficient (Wildman–Crippen LogP) is 1.67. The zero-order valence-corrected chi connectivity index (χ0v) is 10.2. The number of thiophene rings is 1. The Morgan fingerprint density at radius 2 is 2.50 bits per heavy atom. The summed E-state index contributed by atoms with van der Waals surface area (Å²) in [6.45, 7) is 3.24. The molecule has 1 aromatic rings. The summed E-state index contributed by atoms with van der Waals surface area (Å²) in [6.07, 6.45) is 0.185. The van der Waals surface area contributed by atoms with E-state index in [1.807, 2.05) is 0 Å². The van der Waals surface area contributed by atoms with Crippen molar-refractivity contribution in [3.05, 3.63) is 15.9 Å². The monoisotopic (exact) mass is 276 g/mol. The van der Waals surface area contributed by atoms with E-state index in [0.717, 1.165) is 19.7 Å². The first-order valence-corrected chi connectivity index (χ1v) is 6.22. The Kier molecular flexibility index (Phi) is 3.43. The third-order valence-electron chi connectivity index (χ3n) is 2.27. The van der Waals surface area contributed by atoms with Crippen LogP contribution in [0, 0.1) is 0 Å². The SMILES string of the molecule is NCC1CN(c2ccc(Br)s2)CCO1. The van der Waals surface area contributed by atoms with Gasteiger partial charge >= 0.3 is 0 Å². The van der Waals surface area contributed by atoms with Crippen molar-refractivity contribution in [3.8, 4) is 0 Å². The molecule has 0 amide bonds. The molecule has 5 heteroatoms. The highest BCUT2D eigenvalue weighted by molar-refractivity contribution is 9.11. The van der Waals surface area contributed by atoms with Crippen LogP contribution < -0.4 is 10.6 Å². The van der Waals surface area contributed by atoms with E-state index in [0.29, 0.717) is 6.54 Å². The quantitative estimate of drug-likeness (QED) is 0.893. The van der Waals surface area contributed by atoms with Crippen molar-refractivity contribution >= 4 is 32.3 Å². The summed E-state index contributed by atoms with van der Waals surface area (Å²) in [6, 6.07) is 4.21. The van der Waals surface area contributed by atoms with Crippen LogP contribution in [0.25, 0.3) is 0 Å². The topological polar surface area (TPSA) is 38.5 Å². The molecule has 78 valence electrons. The number of hydrogen-bond donors (Lipinski definition) is 1. The average molecular weight is 277 g/mol. The maximum Gasteiger partial charge on any atom is 0.0922 e. The Hall–Kier alpha value is -0.100. The zero-order chi connectivity index (χ0) is 9.97. The minimum atomic E-state index is 0.185. The van der Waals surface area contributed by atoms with Gasteiger partial charge < -0.3 is 15.4 Å². The Morgan fingerprint density at radius 1 is 1.64 bits per heavy atom. The molecule has 0 radical (unpaired) electrons. The van der Waals surface area contributed by atoms with Crippen molar-refractivity contribution in [1.82, 2.24) is 0 Å². The van der Waals surface area contributed by atoms with Crippen LogP contribution in [-0.2, 0) is 4.74 Å². The lowest BCUT2D eigenvalue weighted by Crippen LogP contribution is -2.45. The van der Waals surface area contributed by atoms with Gasteiger partial charge in [0.1, 0.15) is 0 Å². The summed E-state index contributed by atoms with van der Waals surface area (Å²) >= 11 is 5.22. The normalized spacial score (nSPS) is 22.7. The predicted molar refractivity (Wildman–Crippen MR) is 63.0 cm³/mol. The fourth-order valence-corrected chi connectivity index (χ4v) is 2.93. The Labute approximate surface area is 96.0 Å². The summed E-state index contributed by atoms with van der Waals surface area (Å²) in [4.78, 5) is 2.33. The molecule has 0 bridgehead atoms. The van der Waals surface area contributed by atoms with Crippen LogP contribution in [0.15, 0.2) is 15.9 Å². The minimum absolute atomic E-state index is 0.185. The van der Waals surface area contributed by atoms with Crippen LogP contribution in [0.5, 0.6) is 0 Å². The van der Waals surface area contributed by atoms with Crippen LogP contribution in [0.3, 0.4) is 0 Å². The molecule has 0 spiro atoms. The smallest absolute Gasteiger partial charge is 0.0922 e. The van der Waals surface area contributed by atoms with Crippen molar-refractivity contribution in [1.29, 1.82) is 0 Å². The molecule has 1 aromatic heterocycles. The third kappa shape index (κ3) is 2.28. The van der Waals surface area contributed by atoms with Gasteiger partial charge in [0, 0.05) is 19.6 Å². The van der Waals surface area contributed by atoms with E-state index in [1.54, 1.807) is 11.3 Å². The molecule has 1 aliphatic rings. The number of halogens is 1. The molecule has 1 fully saturated rings. The van der Waals surface area contributed by atoms with Gasteiger partial charge in [-0.25, -0.2) is 0 Å². The average Bonchev–Trinajstić information content (AvgIpc) is 2.65. The number of nitrogens with zero attached hydrogens (tertiary/aromatic N) is 1. The summed E-state index contributed by atoms with van der Waals surface area (Å²) in [7, 11) is 0. The summed E-state index contributed by atoms with van der Waals surface area (Å²) in [5.74, 6) is 0. The lowest BCUT2D eigenvalue weighted by Gasteiger charge is -2.32. The molecule has 2 N–H and O–H groups in total. The van der Waals surface area contributed by atoms with E-state index in [4.69, 9.17) is 10.5 Å². The highest BCUT2D eigenvalue weighted by Crippen LogP contribution is 2.30. The van der Waals surface area contributed by atoms with E-state index in [9.17, 15) is 0 Å². The van der Waals surface area contributed by atoms with E-state index >= 15 is 0 Å². The molecule has 1 aliphatic heterocycles. The first-order valence-electron chi connectivity index (χ1n) is 4.61. The molecule has 0 aliphatic carbocycles. The zero-order valence-electron chi connectivity index (χ0n) is 7.78. The van der Waals surface area contributed by atoms with Crippen LogP contribution in [0.2, 0.25) is 0 Å². The standard InChI is InChI=1S/C9H13BrN2OS/c10-8-1-2-9(14-8)12-3-4-13-7(5-11)6-12/h1-2,7H,3-6,11H2. The Balaban J connectivity index is 2.04. The van der Waals surface area contributed by atoms with Crippen molar-refractivity contribution < 1.29 is 4.74 Å². The highest BCUT2D eigenvalue weighted by Gasteiger charge is 2.20. The van der Waals surface area contributed by atoms with E-state index in [1.165, 1.54) is 8.79 Å². The molecule has 2 rings (SSSR count). The maximum atomic E-state index is 5.59. The van der Waals surface area contributed by atoms with Gasteiger partial charge in [0.2, 0.25) is 0 Å².